The summed E-state index contributed by atoms with van der Waals surface area (Å²) in [6.07, 6.45) is 1.60. The monoisotopic (exact) mass is 592 g/mol. The van der Waals surface area contributed by atoms with E-state index in [1.165, 1.54) is 34.1 Å². The lowest BCUT2D eigenvalue weighted by Crippen LogP contribution is -2.39. The van der Waals surface area contributed by atoms with Crippen LogP contribution in [0.4, 0.5) is 11.4 Å². The number of rotatable bonds is 7. The van der Waals surface area contributed by atoms with Gasteiger partial charge in [-0.15, -0.1) is 0 Å². The van der Waals surface area contributed by atoms with Crippen LogP contribution in [0.5, 0.6) is 0 Å². The van der Waals surface area contributed by atoms with Gasteiger partial charge in [0.1, 0.15) is 11.5 Å². The molecule has 1 atom stereocenters. The minimum atomic E-state index is -0.727. The Balaban J connectivity index is 1.60. The molecule has 1 aliphatic rings. The molecule has 12 heteroatoms. The number of furan rings is 1. The van der Waals surface area contributed by atoms with E-state index in [4.69, 9.17) is 20.8 Å². The van der Waals surface area contributed by atoms with Crippen LogP contribution in [0.15, 0.2) is 80.1 Å². The first-order valence-electron chi connectivity index (χ1n) is 12.6. The molecule has 2 aromatic carbocycles. The maximum absolute atomic E-state index is 13.8. The van der Waals surface area contributed by atoms with Gasteiger partial charge >= 0.3 is 5.97 Å². The number of aromatic nitrogens is 1. The number of nitrogens with zero attached hydrogens (tertiary/aromatic N) is 4. The number of ether oxygens (including phenoxy) is 1. The van der Waals surface area contributed by atoms with Crippen molar-refractivity contribution in [2.75, 3.05) is 25.6 Å². The van der Waals surface area contributed by atoms with E-state index in [-0.39, 0.29) is 22.9 Å². The second-order valence-electron chi connectivity index (χ2n) is 9.41. The smallest absolute Gasteiger partial charge is 0.338 e. The first-order chi connectivity index (χ1) is 19.6. The Bertz CT molecular complexity index is 1880. The van der Waals surface area contributed by atoms with E-state index in [9.17, 15) is 19.7 Å². The Morgan fingerprint density at radius 3 is 2.59 bits per heavy atom. The molecule has 0 N–H and O–H groups in total. The molecule has 0 unspecified atom stereocenters. The molecular weight excluding hydrogens is 568 g/mol. The van der Waals surface area contributed by atoms with Crippen LogP contribution in [0, 0.1) is 10.1 Å². The van der Waals surface area contributed by atoms with Gasteiger partial charge in [-0.05, 0) is 49.7 Å². The lowest BCUT2D eigenvalue weighted by molar-refractivity contribution is -0.384. The van der Waals surface area contributed by atoms with Crippen molar-refractivity contribution in [3.05, 3.63) is 112 Å². The third-order valence-electron chi connectivity index (χ3n) is 6.57. The summed E-state index contributed by atoms with van der Waals surface area (Å²) in [4.78, 5) is 44.4. The molecule has 0 spiro atoms. The highest BCUT2D eigenvalue weighted by atomic mass is 35.5. The van der Waals surface area contributed by atoms with Crippen molar-refractivity contribution in [1.82, 2.24) is 4.57 Å². The minimum absolute atomic E-state index is 0.130. The summed E-state index contributed by atoms with van der Waals surface area (Å²) in [5, 5.41) is 11.2. The molecule has 2 aromatic heterocycles. The highest BCUT2D eigenvalue weighted by Gasteiger charge is 2.33. The van der Waals surface area contributed by atoms with E-state index < -0.39 is 16.9 Å². The van der Waals surface area contributed by atoms with Gasteiger partial charge in [-0.2, -0.15) is 0 Å². The minimum Gasteiger partial charge on any atom is -0.463 e. The molecule has 0 saturated carbocycles. The van der Waals surface area contributed by atoms with Gasteiger partial charge < -0.3 is 14.1 Å². The van der Waals surface area contributed by atoms with Gasteiger partial charge in [0, 0.05) is 43.6 Å². The summed E-state index contributed by atoms with van der Waals surface area (Å²) in [6, 6.07) is 14.4. The number of hydrogen-bond donors (Lipinski definition) is 0. The summed E-state index contributed by atoms with van der Waals surface area (Å²) in [5.74, 6) is 0.247. The Labute approximate surface area is 243 Å². The molecule has 0 radical (unpaired) electrons. The summed E-state index contributed by atoms with van der Waals surface area (Å²) >= 11 is 7.44. The van der Waals surface area contributed by atoms with Crippen molar-refractivity contribution in [2.24, 2.45) is 4.99 Å². The second-order valence-corrected chi connectivity index (χ2v) is 10.8. The summed E-state index contributed by atoms with van der Waals surface area (Å²) in [5.41, 5.74) is 2.51. The van der Waals surface area contributed by atoms with E-state index in [1.807, 2.05) is 43.3 Å². The Kier molecular flexibility index (Phi) is 7.65. The number of benzene rings is 2. The Morgan fingerprint density at radius 1 is 1.22 bits per heavy atom. The van der Waals surface area contributed by atoms with E-state index >= 15 is 0 Å². The molecule has 10 nitrogen and oxygen atoms in total. The molecule has 5 rings (SSSR count). The third kappa shape index (κ3) is 5.33. The average Bonchev–Trinajstić information content (AvgIpc) is 3.52. The van der Waals surface area contributed by atoms with Crippen LogP contribution in [0.3, 0.4) is 0 Å². The number of fused-ring (bicyclic) bond motifs is 1. The topological polar surface area (TPSA) is 120 Å². The number of thiazole rings is 1. The highest BCUT2D eigenvalue weighted by Crippen LogP contribution is 2.33. The zero-order chi connectivity index (χ0) is 29.4. The quantitative estimate of drug-likeness (QED) is 0.173. The van der Waals surface area contributed by atoms with Crippen LogP contribution < -0.4 is 19.8 Å². The predicted molar refractivity (Wildman–Crippen MR) is 157 cm³/mol. The van der Waals surface area contributed by atoms with E-state index in [2.05, 4.69) is 4.99 Å². The average molecular weight is 593 g/mol. The zero-order valence-corrected chi connectivity index (χ0v) is 24.2. The summed E-state index contributed by atoms with van der Waals surface area (Å²) < 4.78 is 13.1. The SMILES string of the molecule is CCOC(=O)C1=C(C)N=c2s/c(=C/c3ccc(-c4ccc([N+](=O)[O-])cc4Cl)o3)c(=O)n2[C@H]1c1ccc(N(C)C)cc1. The van der Waals surface area contributed by atoms with E-state index in [1.54, 1.807) is 32.1 Å². The largest absolute Gasteiger partial charge is 0.463 e. The molecule has 4 aromatic rings. The van der Waals surface area contributed by atoms with Crippen molar-refractivity contribution in [2.45, 2.75) is 19.9 Å². The van der Waals surface area contributed by atoms with Gasteiger partial charge in [0.05, 0.1) is 38.4 Å². The van der Waals surface area contributed by atoms with Crippen LogP contribution >= 0.6 is 22.9 Å². The van der Waals surface area contributed by atoms with Gasteiger partial charge in [0.25, 0.3) is 11.2 Å². The number of halogens is 1. The van der Waals surface area contributed by atoms with Crippen LogP contribution in [-0.2, 0) is 9.53 Å². The van der Waals surface area contributed by atoms with Crippen molar-refractivity contribution < 1.29 is 18.9 Å². The number of carbonyl (C=O) groups excluding carboxylic acids is 1. The van der Waals surface area contributed by atoms with Crippen molar-refractivity contribution in [1.29, 1.82) is 0 Å². The first kappa shape index (κ1) is 28.1. The maximum Gasteiger partial charge on any atom is 0.338 e. The lowest BCUT2D eigenvalue weighted by atomic mass is 9.95. The molecule has 0 amide bonds. The molecule has 1 aliphatic heterocycles. The van der Waals surface area contributed by atoms with Crippen molar-refractivity contribution >= 4 is 46.4 Å². The first-order valence-corrected chi connectivity index (χ1v) is 13.8. The fourth-order valence-electron chi connectivity index (χ4n) is 4.58. The number of carbonyl (C=O) groups is 1. The van der Waals surface area contributed by atoms with Crippen LogP contribution in [0.25, 0.3) is 17.4 Å². The molecule has 0 saturated heterocycles. The van der Waals surface area contributed by atoms with Crippen molar-refractivity contribution in [3.63, 3.8) is 0 Å². The van der Waals surface area contributed by atoms with Gasteiger partial charge in [-0.25, -0.2) is 9.79 Å². The van der Waals surface area contributed by atoms with E-state index in [0.717, 1.165) is 11.3 Å². The molecule has 0 fully saturated rings. The normalized spacial score (nSPS) is 15.0. The summed E-state index contributed by atoms with van der Waals surface area (Å²) in [7, 11) is 3.86. The maximum atomic E-state index is 13.8. The van der Waals surface area contributed by atoms with Crippen LogP contribution in [0.2, 0.25) is 5.02 Å². The predicted octanol–water partition coefficient (Wildman–Crippen LogP) is 4.69. The molecular formula is C29H25ClN4O6S. The third-order valence-corrected chi connectivity index (χ3v) is 7.87. The molecule has 210 valence electrons. The van der Waals surface area contributed by atoms with Crippen molar-refractivity contribution in [3.8, 4) is 11.3 Å². The number of allylic oxidation sites excluding steroid dienone is 1. The van der Waals surface area contributed by atoms with E-state index in [0.29, 0.717) is 37.7 Å². The fraction of sp³-hybridized carbons (Fsp3) is 0.207. The summed E-state index contributed by atoms with van der Waals surface area (Å²) in [6.45, 7) is 3.65. The number of non-ortho nitro benzene ring substituents is 1. The second kappa shape index (κ2) is 11.2. The van der Waals surface area contributed by atoms with Gasteiger partial charge in [-0.1, -0.05) is 35.1 Å². The number of nitro groups is 1. The van der Waals surface area contributed by atoms with Gasteiger partial charge in [0.2, 0.25) is 0 Å². The fourth-order valence-corrected chi connectivity index (χ4v) is 5.88. The van der Waals surface area contributed by atoms with Crippen LogP contribution in [0.1, 0.15) is 31.2 Å². The number of nitro benzene ring substituents is 1. The standard InChI is InChI=1S/C29H25ClN4O6S/c1-5-39-28(36)25-16(2)31-29-33(26(25)17-6-8-18(9-7-17)32(3)4)27(35)24(41-29)15-20-11-13-23(40-20)21-12-10-19(34(37)38)14-22(21)30/h6-15,26H,5H2,1-4H3/b24-15+/t26-/m0/s1. The van der Waals surface area contributed by atoms with Crippen LogP contribution in [-0.4, -0.2) is 36.2 Å². The van der Waals surface area contributed by atoms with Gasteiger partial charge in [0.15, 0.2) is 4.80 Å². The molecule has 3 heterocycles. The molecule has 0 bridgehead atoms. The number of hydrogen-bond acceptors (Lipinski definition) is 9. The zero-order valence-electron chi connectivity index (χ0n) is 22.6. The Hall–Kier alpha value is -4.48. The number of esters is 1. The van der Waals surface area contributed by atoms with Gasteiger partial charge in [-0.3, -0.25) is 19.5 Å². The molecule has 0 aliphatic carbocycles. The Morgan fingerprint density at radius 2 is 1.95 bits per heavy atom. The highest BCUT2D eigenvalue weighted by molar-refractivity contribution is 7.07. The number of anilines is 1. The molecule has 41 heavy (non-hydrogen) atoms. The lowest BCUT2D eigenvalue weighted by Gasteiger charge is -2.25.